The van der Waals surface area contributed by atoms with Crippen molar-refractivity contribution in [2.75, 3.05) is 0 Å². The monoisotopic (exact) mass is 210 g/mol. The number of hydrogen-bond acceptors (Lipinski definition) is 3. The highest BCUT2D eigenvalue weighted by atomic mass is 32.1. The molecule has 3 heteroatoms. The Hall–Kier alpha value is -0.410. The molecule has 2 nitrogen and oxygen atoms in total. The van der Waals surface area contributed by atoms with Crippen LogP contribution in [0.15, 0.2) is 5.38 Å². The largest absolute Gasteiger partial charge is 0.327 e. The van der Waals surface area contributed by atoms with Crippen molar-refractivity contribution in [2.24, 2.45) is 5.73 Å². The third-order valence-corrected chi connectivity index (χ3v) is 3.91. The lowest BCUT2D eigenvalue weighted by molar-refractivity contribution is 0.599. The zero-order chi connectivity index (χ0) is 9.97. The van der Waals surface area contributed by atoms with Crippen LogP contribution in [0.25, 0.3) is 0 Å². The molecule has 1 aromatic heterocycles. The average Bonchev–Trinajstić information content (AvgIpc) is 2.74. The second-order valence-electron chi connectivity index (χ2n) is 4.12. The Morgan fingerprint density at radius 2 is 2.43 bits per heavy atom. The molecule has 1 aliphatic carbocycles. The highest BCUT2D eigenvalue weighted by Gasteiger charge is 2.27. The molecule has 0 aromatic carbocycles. The summed E-state index contributed by atoms with van der Waals surface area (Å²) >= 11 is 1.80. The molecule has 0 amide bonds. The number of aryl methyl sites for hydroxylation is 1. The zero-order valence-electron chi connectivity index (χ0n) is 8.70. The molecular weight excluding hydrogens is 192 g/mol. The quantitative estimate of drug-likeness (QED) is 0.833. The van der Waals surface area contributed by atoms with Gasteiger partial charge in [0.1, 0.15) is 0 Å². The van der Waals surface area contributed by atoms with Crippen molar-refractivity contribution in [1.82, 2.24) is 4.98 Å². The van der Waals surface area contributed by atoms with Gasteiger partial charge < -0.3 is 5.73 Å². The van der Waals surface area contributed by atoms with Crippen molar-refractivity contribution in [3.05, 3.63) is 16.1 Å². The third-order valence-electron chi connectivity index (χ3n) is 2.98. The lowest BCUT2D eigenvalue weighted by atomic mass is 10.0. The number of thiazole rings is 1. The molecule has 2 N–H and O–H groups in total. The van der Waals surface area contributed by atoms with E-state index in [2.05, 4.69) is 17.3 Å². The van der Waals surface area contributed by atoms with Crippen LogP contribution >= 0.6 is 11.3 Å². The van der Waals surface area contributed by atoms with E-state index in [9.17, 15) is 0 Å². The van der Waals surface area contributed by atoms with E-state index in [1.54, 1.807) is 11.3 Å². The maximum absolute atomic E-state index is 6.06. The minimum atomic E-state index is 0.353. The molecule has 78 valence electrons. The van der Waals surface area contributed by atoms with Gasteiger partial charge in [0.25, 0.3) is 0 Å². The number of hydrogen-bond donors (Lipinski definition) is 1. The number of nitrogens with zero attached hydrogens (tertiary/aromatic N) is 1. The van der Waals surface area contributed by atoms with Crippen molar-refractivity contribution in [3.63, 3.8) is 0 Å². The molecular formula is C11H18N2S. The van der Waals surface area contributed by atoms with Gasteiger partial charge in [-0.3, -0.25) is 0 Å². The van der Waals surface area contributed by atoms with Gasteiger partial charge in [-0.15, -0.1) is 11.3 Å². The van der Waals surface area contributed by atoms with Gasteiger partial charge >= 0.3 is 0 Å². The molecule has 0 aliphatic heterocycles. The zero-order valence-corrected chi connectivity index (χ0v) is 9.52. The van der Waals surface area contributed by atoms with E-state index in [-0.39, 0.29) is 0 Å². The first-order chi connectivity index (χ1) is 6.81. The normalized spacial score (nSPS) is 27.0. The first kappa shape index (κ1) is 10.1. The summed E-state index contributed by atoms with van der Waals surface area (Å²) in [6, 6.07) is 0.353. The molecule has 0 bridgehead atoms. The predicted molar refractivity (Wildman–Crippen MR) is 60.7 cm³/mol. The minimum absolute atomic E-state index is 0.353. The number of aromatic nitrogens is 1. The van der Waals surface area contributed by atoms with E-state index in [1.165, 1.54) is 36.4 Å². The van der Waals surface area contributed by atoms with Gasteiger partial charge in [0.15, 0.2) is 0 Å². The number of rotatable bonds is 3. The van der Waals surface area contributed by atoms with Crippen LogP contribution in [0.5, 0.6) is 0 Å². The second-order valence-corrected chi connectivity index (χ2v) is 5.06. The van der Waals surface area contributed by atoms with E-state index in [0.29, 0.717) is 12.0 Å². The highest BCUT2D eigenvalue weighted by molar-refractivity contribution is 7.09. The molecule has 1 aromatic rings. The summed E-state index contributed by atoms with van der Waals surface area (Å²) in [5, 5.41) is 3.49. The van der Waals surface area contributed by atoms with Crippen molar-refractivity contribution in [1.29, 1.82) is 0 Å². The van der Waals surface area contributed by atoms with Crippen LogP contribution in [0, 0.1) is 0 Å². The van der Waals surface area contributed by atoms with Gasteiger partial charge in [-0.25, -0.2) is 4.98 Å². The lowest BCUT2D eigenvalue weighted by Crippen LogP contribution is -2.22. The Morgan fingerprint density at radius 1 is 1.57 bits per heavy atom. The molecule has 0 spiro atoms. The lowest BCUT2D eigenvalue weighted by Gasteiger charge is -2.11. The van der Waals surface area contributed by atoms with Crippen molar-refractivity contribution in [2.45, 2.75) is 51.0 Å². The van der Waals surface area contributed by atoms with Crippen LogP contribution in [0.2, 0.25) is 0 Å². The van der Waals surface area contributed by atoms with Crippen molar-refractivity contribution in [3.8, 4) is 0 Å². The summed E-state index contributed by atoms with van der Waals surface area (Å²) in [5.74, 6) is 0.539. The fraction of sp³-hybridized carbons (Fsp3) is 0.727. The van der Waals surface area contributed by atoms with E-state index >= 15 is 0 Å². The molecule has 1 saturated carbocycles. The van der Waals surface area contributed by atoms with Crippen LogP contribution < -0.4 is 5.73 Å². The second kappa shape index (κ2) is 4.41. The Morgan fingerprint density at radius 3 is 3.07 bits per heavy atom. The maximum Gasteiger partial charge on any atom is 0.0928 e. The first-order valence-corrected chi connectivity index (χ1v) is 6.39. The van der Waals surface area contributed by atoms with Crippen molar-refractivity contribution >= 4 is 11.3 Å². The fourth-order valence-corrected chi connectivity index (χ4v) is 3.14. The molecule has 1 fully saturated rings. The third kappa shape index (κ3) is 1.98. The Kier molecular flexibility index (Phi) is 3.19. The van der Waals surface area contributed by atoms with E-state index < -0.39 is 0 Å². The smallest absolute Gasteiger partial charge is 0.0928 e. The SMILES string of the molecule is CCCc1nc(C2CCCC2N)cs1. The van der Waals surface area contributed by atoms with Crippen LogP contribution in [-0.4, -0.2) is 11.0 Å². The van der Waals surface area contributed by atoms with E-state index in [4.69, 9.17) is 5.73 Å². The van der Waals surface area contributed by atoms with Gasteiger partial charge in [0, 0.05) is 17.3 Å². The van der Waals surface area contributed by atoms with Crippen LogP contribution in [0.3, 0.4) is 0 Å². The maximum atomic E-state index is 6.06. The van der Waals surface area contributed by atoms with E-state index in [1.807, 2.05) is 0 Å². The summed E-state index contributed by atoms with van der Waals surface area (Å²) in [5.41, 5.74) is 7.31. The molecule has 1 aliphatic rings. The highest BCUT2D eigenvalue weighted by Crippen LogP contribution is 2.33. The average molecular weight is 210 g/mol. The molecule has 0 saturated heterocycles. The molecule has 2 atom stereocenters. The summed E-state index contributed by atoms with van der Waals surface area (Å²) in [4.78, 5) is 4.67. The topological polar surface area (TPSA) is 38.9 Å². The van der Waals surface area contributed by atoms with Gasteiger partial charge in [0.2, 0.25) is 0 Å². The van der Waals surface area contributed by atoms with Crippen molar-refractivity contribution < 1.29 is 0 Å². The van der Waals surface area contributed by atoms with Crippen LogP contribution in [0.4, 0.5) is 0 Å². The Balaban J connectivity index is 2.08. The van der Waals surface area contributed by atoms with Gasteiger partial charge in [-0.05, 0) is 25.7 Å². The molecule has 14 heavy (non-hydrogen) atoms. The molecule has 1 heterocycles. The summed E-state index contributed by atoms with van der Waals surface area (Å²) < 4.78 is 0. The summed E-state index contributed by atoms with van der Waals surface area (Å²) in [7, 11) is 0. The summed E-state index contributed by atoms with van der Waals surface area (Å²) in [6.07, 6.45) is 5.98. The fourth-order valence-electron chi connectivity index (χ4n) is 2.18. The first-order valence-electron chi connectivity index (χ1n) is 5.51. The number of nitrogens with two attached hydrogens (primary N) is 1. The van der Waals surface area contributed by atoms with Gasteiger partial charge in [-0.1, -0.05) is 13.3 Å². The Bertz CT molecular complexity index is 295. The standard InChI is InChI=1S/C11H18N2S/c1-2-4-11-13-10(7-14-11)8-5-3-6-9(8)12/h7-9H,2-6,12H2,1H3. The van der Waals surface area contributed by atoms with Crippen LogP contribution in [0.1, 0.15) is 49.2 Å². The van der Waals surface area contributed by atoms with E-state index in [0.717, 1.165) is 6.42 Å². The molecule has 2 rings (SSSR count). The minimum Gasteiger partial charge on any atom is -0.327 e. The molecule has 2 unspecified atom stereocenters. The van der Waals surface area contributed by atoms with Gasteiger partial charge in [-0.2, -0.15) is 0 Å². The predicted octanol–water partition coefficient (Wildman–Crippen LogP) is 2.69. The summed E-state index contributed by atoms with van der Waals surface area (Å²) in [6.45, 7) is 2.20. The molecule has 0 radical (unpaired) electrons. The Labute approximate surface area is 89.5 Å². The van der Waals surface area contributed by atoms with Gasteiger partial charge in [0.05, 0.1) is 10.7 Å². The van der Waals surface area contributed by atoms with Crippen LogP contribution in [-0.2, 0) is 6.42 Å².